The molecule has 0 spiro atoms. The molecule has 0 aliphatic heterocycles. The van der Waals surface area contributed by atoms with Gasteiger partial charge in [-0.05, 0) is 56.2 Å². The molecule has 4 aromatic rings. The molecule has 0 bridgehead atoms. The number of rotatable bonds is 3. The molecule has 0 saturated carbocycles. The van der Waals surface area contributed by atoms with Crippen LogP contribution < -0.4 is 5.63 Å². The molecular weight excluding hydrogens is 346 g/mol. The highest BCUT2D eigenvalue weighted by Crippen LogP contribution is 2.33. The average Bonchev–Trinajstić information content (AvgIpc) is 3.08. The largest absolute Gasteiger partial charge is 0.478 e. The highest BCUT2D eigenvalue weighted by molar-refractivity contribution is 5.97. The van der Waals surface area contributed by atoms with Gasteiger partial charge in [0.2, 0.25) is 5.89 Å². The topological polar surface area (TPSA) is 93.5 Å². The number of aryl methyl sites for hydroxylation is 2. The van der Waals surface area contributed by atoms with Crippen LogP contribution in [0.2, 0.25) is 0 Å². The highest BCUT2D eigenvalue weighted by Gasteiger charge is 2.18. The van der Waals surface area contributed by atoms with Crippen LogP contribution in [0, 0.1) is 13.8 Å². The van der Waals surface area contributed by atoms with Gasteiger partial charge in [-0.2, -0.15) is 0 Å². The van der Waals surface area contributed by atoms with Crippen molar-refractivity contribution in [2.24, 2.45) is 0 Å². The van der Waals surface area contributed by atoms with Gasteiger partial charge in [0.15, 0.2) is 5.58 Å². The lowest BCUT2D eigenvalue weighted by atomic mass is 10.0. The number of aromatic carboxylic acids is 1. The van der Waals surface area contributed by atoms with E-state index in [1.54, 1.807) is 12.1 Å². The number of hydrogen-bond donors (Lipinski definition) is 1. The van der Waals surface area contributed by atoms with Gasteiger partial charge < -0.3 is 13.9 Å². The van der Waals surface area contributed by atoms with Crippen LogP contribution in [0.4, 0.5) is 0 Å². The molecule has 0 amide bonds. The van der Waals surface area contributed by atoms with Crippen LogP contribution >= 0.6 is 0 Å². The Kier molecular flexibility index (Phi) is 3.84. The zero-order chi connectivity index (χ0) is 19.3. The Morgan fingerprint density at radius 1 is 1.07 bits per heavy atom. The molecule has 0 atom stereocenters. The number of hydrogen-bond acceptors (Lipinski definition) is 5. The summed E-state index contributed by atoms with van der Waals surface area (Å²) in [6.45, 7) is 5.67. The third-order valence-electron chi connectivity index (χ3n) is 4.89. The van der Waals surface area contributed by atoms with E-state index < -0.39 is 5.97 Å². The molecule has 0 unspecified atom stereocenters. The fraction of sp³-hybridized carbons (Fsp3) is 0.190. The Morgan fingerprint density at radius 2 is 1.78 bits per heavy atom. The number of carboxylic acids is 1. The zero-order valence-electron chi connectivity index (χ0n) is 15.1. The smallest absolute Gasteiger partial charge is 0.339 e. The second-order valence-corrected chi connectivity index (χ2v) is 6.47. The number of nitrogens with zero attached hydrogens (tertiary/aromatic N) is 1. The Balaban J connectivity index is 1.95. The third kappa shape index (κ3) is 2.61. The minimum Gasteiger partial charge on any atom is -0.478 e. The Labute approximate surface area is 154 Å². The minimum atomic E-state index is -0.988. The van der Waals surface area contributed by atoms with E-state index >= 15 is 0 Å². The Morgan fingerprint density at radius 3 is 2.41 bits per heavy atom. The van der Waals surface area contributed by atoms with Crippen LogP contribution in [0.1, 0.15) is 34.0 Å². The lowest BCUT2D eigenvalue weighted by Gasteiger charge is -2.07. The molecule has 0 saturated heterocycles. The molecule has 136 valence electrons. The van der Waals surface area contributed by atoms with E-state index in [1.807, 2.05) is 26.8 Å². The summed E-state index contributed by atoms with van der Waals surface area (Å²) in [5.41, 5.74) is 4.53. The quantitative estimate of drug-likeness (QED) is 0.540. The normalized spacial score (nSPS) is 11.4. The van der Waals surface area contributed by atoms with Gasteiger partial charge in [-0.15, -0.1) is 0 Å². The van der Waals surface area contributed by atoms with Crippen molar-refractivity contribution < 1.29 is 18.7 Å². The molecule has 0 radical (unpaired) electrons. The Bertz CT molecular complexity index is 1260. The SMILES string of the molecule is CCc1c(C)c2cc3nc(-c4ccc(C(=O)O)cc4)oc3c(C)c2oc1=O. The molecule has 1 N–H and O–H groups in total. The van der Waals surface area contributed by atoms with Crippen molar-refractivity contribution in [3.63, 3.8) is 0 Å². The van der Waals surface area contributed by atoms with Crippen molar-refractivity contribution in [2.45, 2.75) is 27.2 Å². The van der Waals surface area contributed by atoms with Gasteiger partial charge in [0.25, 0.3) is 0 Å². The molecule has 2 heterocycles. The number of benzene rings is 2. The predicted molar refractivity (Wildman–Crippen MR) is 101 cm³/mol. The van der Waals surface area contributed by atoms with Gasteiger partial charge in [0.05, 0.1) is 5.56 Å². The van der Waals surface area contributed by atoms with Gasteiger partial charge in [0.1, 0.15) is 11.1 Å². The van der Waals surface area contributed by atoms with Crippen molar-refractivity contribution in [3.05, 3.63) is 63.0 Å². The molecule has 2 aromatic heterocycles. The minimum absolute atomic E-state index is 0.196. The second kappa shape index (κ2) is 6.09. The lowest BCUT2D eigenvalue weighted by molar-refractivity contribution is 0.0697. The van der Waals surface area contributed by atoms with Crippen molar-refractivity contribution in [3.8, 4) is 11.5 Å². The summed E-state index contributed by atoms with van der Waals surface area (Å²) in [4.78, 5) is 27.8. The first-order valence-electron chi connectivity index (χ1n) is 8.60. The zero-order valence-corrected chi connectivity index (χ0v) is 15.1. The molecule has 4 rings (SSSR count). The summed E-state index contributed by atoms with van der Waals surface area (Å²) in [5.74, 6) is -0.602. The summed E-state index contributed by atoms with van der Waals surface area (Å²) in [7, 11) is 0. The van der Waals surface area contributed by atoms with Gasteiger partial charge in [0, 0.05) is 22.1 Å². The summed E-state index contributed by atoms with van der Waals surface area (Å²) < 4.78 is 11.5. The van der Waals surface area contributed by atoms with Crippen LogP contribution in [-0.2, 0) is 6.42 Å². The first-order chi connectivity index (χ1) is 12.9. The van der Waals surface area contributed by atoms with E-state index in [0.717, 1.165) is 10.9 Å². The van der Waals surface area contributed by atoms with Crippen molar-refractivity contribution in [1.29, 1.82) is 0 Å². The van der Waals surface area contributed by atoms with Crippen molar-refractivity contribution in [2.75, 3.05) is 0 Å². The molecule has 2 aromatic carbocycles. The second-order valence-electron chi connectivity index (χ2n) is 6.47. The fourth-order valence-corrected chi connectivity index (χ4v) is 3.37. The standard InChI is InChI=1S/C21H17NO5/c1-4-14-10(2)15-9-16-18(11(3)17(15)27-21(14)25)26-19(22-16)12-5-7-13(8-6-12)20(23)24/h5-9H,4H2,1-3H3,(H,23,24). The van der Waals surface area contributed by atoms with Crippen LogP contribution in [0.25, 0.3) is 33.5 Å². The van der Waals surface area contributed by atoms with Gasteiger partial charge in [-0.1, -0.05) is 6.92 Å². The molecular formula is C21H17NO5. The van der Waals surface area contributed by atoms with E-state index in [4.69, 9.17) is 13.9 Å². The maximum Gasteiger partial charge on any atom is 0.339 e. The first-order valence-corrected chi connectivity index (χ1v) is 8.60. The molecule has 0 fully saturated rings. The molecule has 0 aliphatic carbocycles. The molecule has 27 heavy (non-hydrogen) atoms. The van der Waals surface area contributed by atoms with Gasteiger partial charge >= 0.3 is 11.6 Å². The lowest BCUT2D eigenvalue weighted by Crippen LogP contribution is -2.09. The molecule has 6 nitrogen and oxygen atoms in total. The van der Waals surface area contributed by atoms with Crippen LogP contribution in [0.3, 0.4) is 0 Å². The molecule has 0 aliphatic rings. The summed E-state index contributed by atoms with van der Waals surface area (Å²) in [6, 6.07) is 8.19. The fourth-order valence-electron chi connectivity index (χ4n) is 3.37. The maximum absolute atomic E-state index is 12.2. The summed E-state index contributed by atoms with van der Waals surface area (Å²) >= 11 is 0. The highest BCUT2D eigenvalue weighted by atomic mass is 16.4. The summed E-state index contributed by atoms with van der Waals surface area (Å²) in [5, 5.41) is 9.87. The predicted octanol–water partition coefficient (Wildman–Crippen LogP) is 4.48. The maximum atomic E-state index is 12.2. The summed E-state index contributed by atoms with van der Waals surface area (Å²) in [6.07, 6.45) is 0.598. The van der Waals surface area contributed by atoms with Crippen LogP contribution in [0.5, 0.6) is 0 Å². The average molecular weight is 363 g/mol. The van der Waals surface area contributed by atoms with Crippen LogP contribution in [-0.4, -0.2) is 16.1 Å². The van der Waals surface area contributed by atoms with Gasteiger partial charge in [-0.25, -0.2) is 14.6 Å². The first kappa shape index (κ1) is 17.0. The third-order valence-corrected chi connectivity index (χ3v) is 4.89. The van der Waals surface area contributed by atoms with E-state index in [0.29, 0.717) is 45.7 Å². The van der Waals surface area contributed by atoms with E-state index in [9.17, 15) is 9.59 Å². The number of carbonyl (C=O) groups is 1. The number of oxazole rings is 1. The number of aromatic nitrogens is 1. The van der Waals surface area contributed by atoms with E-state index in [1.165, 1.54) is 12.1 Å². The van der Waals surface area contributed by atoms with Crippen molar-refractivity contribution >= 4 is 28.0 Å². The van der Waals surface area contributed by atoms with E-state index in [-0.39, 0.29) is 11.2 Å². The van der Waals surface area contributed by atoms with Crippen molar-refractivity contribution in [1.82, 2.24) is 4.98 Å². The van der Waals surface area contributed by atoms with Gasteiger partial charge in [-0.3, -0.25) is 0 Å². The number of fused-ring (bicyclic) bond motifs is 2. The van der Waals surface area contributed by atoms with E-state index in [2.05, 4.69) is 4.98 Å². The number of carboxylic acid groups (broad SMARTS) is 1. The van der Waals surface area contributed by atoms with Crippen LogP contribution in [0.15, 0.2) is 44.0 Å². The Hall–Kier alpha value is -3.41. The molecule has 6 heteroatoms. The monoisotopic (exact) mass is 363 g/mol.